The van der Waals surface area contributed by atoms with E-state index in [-0.39, 0.29) is 23.4 Å². The topological polar surface area (TPSA) is 63.2 Å². The van der Waals surface area contributed by atoms with Crippen LogP contribution in [0.25, 0.3) is 0 Å². The molecule has 0 fully saturated rings. The SMILES string of the molecule is CC(C)CC(=O)Nc1ccc2c(c1)C(=O)c1ccccc1C2=O. The fraction of sp³-hybridized carbons (Fsp3) is 0.211. The van der Waals surface area contributed by atoms with Crippen LogP contribution in [0, 0.1) is 5.92 Å². The zero-order valence-electron chi connectivity index (χ0n) is 13.1. The van der Waals surface area contributed by atoms with Crippen LogP contribution in [0.15, 0.2) is 42.5 Å². The van der Waals surface area contributed by atoms with Crippen molar-refractivity contribution in [2.24, 2.45) is 5.92 Å². The summed E-state index contributed by atoms with van der Waals surface area (Å²) in [6.45, 7) is 3.93. The second-order valence-electron chi connectivity index (χ2n) is 6.11. The average molecular weight is 307 g/mol. The summed E-state index contributed by atoms with van der Waals surface area (Å²) in [6, 6.07) is 11.7. The van der Waals surface area contributed by atoms with E-state index in [1.54, 1.807) is 42.5 Å². The maximum absolute atomic E-state index is 12.6. The Morgan fingerprint density at radius 2 is 1.48 bits per heavy atom. The molecule has 1 aliphatic rings. The van der Waals surface area contributed by atoms with Crippen LogP contribution in [-0.2, 0) is 4.79 Å². The lowest BCUT2D eigenvalue weighted by atomic mass is 9.84. The maximum Gasteiger partial charge on any atom is 0.224 e. The molecule has 2 aromatic carbocycles. The Balaban J connectivity index is 1.96. The number of carbonyl (C=O) groups excluding carboxylic acids is 3. The van der Waals surface area contributed by atoms with Gasteiger partial charge in [-0.2, -0.15) is 0 Å². The summed E-state index contributed by atoms with van der Waals surface area (Å²) in [5.74, 6) is -0.192. The van der Waals surface area contributed by atoms with E-state index in [9.17, 15) is 14.4 Å². The van der Waals surface area contributed by atoms with Crippen LogP contribution in [-0.4, -0.2) is 17.5 Å². The van der Waals surface area contributed by atoms with E-state index in [4.69, 9.17) is 0 Å². The van der Waals surface area contributed by atoms with Gasteiger partial charge in [-0.25, -0.2) is 0 Å². The van der Waals surface area contributed by atoms with Gasteiger partial charge in [0.2, 0.25) is 5.91 Å². The summed E-state index contributed by atoms with van der Waals surface area (Å²) in [4.78, 5) is 37.0. The first-order valence-electron chi connectivity index (χ1n) is 7.59. The van der Waals surface area contributed by atoms with Gasteiger partial charge in [0.15, 0.2) is 11.6 Å². The number of ketones is 2. The Morgan fingerprint density at radius 3 is 2.09 bits per heavy atom. The predicted molar refractivity (Wildman–Crippen MR) is 87.8 cm³/mol. The monoisotopic (exact) mass is 307 g/mol. The van der Waals surface area contributed by atoms with Crippen LogP contribution in [0.5, 0.6) is 0 Å². The first-order valence-corrected chi connectivity index (χ1v) is 7.59. The van der Waals surface area contributed by atoms with Crippen molar-refractivity contribution in [3.8, 4) is 0 Å². The van der Waals surface area contributed by atoms with E-state index in [0.717, 1.165) is 0 Å². The molecule has 0 unspecified atom stereocenters. The Labute approximate surface area is 134 Å². The van der Waals surface area contributed by atoms with Crippen LogP contribution in [0.2, 0.25) is 0 Å². The van der Waals surface area contributed by atoms with E-state index in [2.05, 4.69) is 5.32 Å². The molecule has 1 aliphatic carbocycles. The molecule has 0 atom stereocenters. The summed E-state index contributed by atoms with van der Waals surface area (Å²) < 4.78 is 0. The first-order chi connectivity index (χ1) is 11.0. The number of fused-ring (bicyclic) bond motifs is 2. The largest absolute Gasteiger partial charge is 0.326 e. The lowest BCUT2D eigenvalue weighted by Crippen LogP contribution is -2.21. The number of hydrogen-bond acceptors (Lipinski definition) is 3. The van der Waals surface area contributed by atoms with Crippen LogP contribution in [0.3, 0.4) is 0 Å². The highest BCUT2D eigenvalue weighted by Gasteiger charge is 2.29. The lowest BCUT2D eigenvalue weighted by molar-refractivity contribution is -0.116. The van der Waals surface area contributed by atoms with Crippen LogP contribution < -0.4 is 5.32 Å². The molecule has 4 nitrogen and oxygen atoms in total. The first kappa shape index (κ1) is 15.2. The third-order valence-electron chi connectivity index (χ3n) is 3.80. The Morgan fingerprint density at radius 1 is 0.913 bits per heavy atom. The second-order valence-corrected chi connectivity index (χ2v) is 6.11. The van der Waals surface area contributed by atoms with Crippen molar-refractivity contribution in [2.45, 2.75) is 20.3 Å². The number of carbonyl (C=O) groups is 3. The minimum atomic E-state index is -0.185. The minimum Gasteiger partial charge on any atom is -0.326 e. The molecule has 23 heavy (non-hydrogen) atoms. The van der Waals surface area contributed by atoms with Gasteiger partial charge < -0.3 is 5.32 Å². The number of anilines is 1. The lowest BCUT2D eigenvalue weighted by Gasteiger charge is -2.18. The average Bonchev–Trinajstić information content (AvgIpc) is 2.51. The molecule has 0 bridgehead atoms. The third-order valence-corrected chi connectivity index (χ3v) is 3.80. The van der Waals surface area contributed by atoms with Crippen molar-refractivity contribution in [3.63, 3.8) is 0 Å². The molecule has 0 heterocycles. The van der Waals surface area contributed by atoms with Gasteiger partial charge in [0.1, 0.15) is 0 Å². The quantitative estimate of drug-likeness (QED) is 0.806. The van der Waals surface area contributed by atoms with Gasteiger partial charge in [0.05, 0.1) is 0 Å². The highest BCUT2D eigenvalue weighted by atomic mass is 16.2. The number of hydrogen-bond donors (Lipinski definition) is 1. The van der Waals surface area contributed by atoms with Crippen molar-refractivity contribution in [1.29, 1.82) is 0 Å². The Bertz CT molecular complexity index is 821. The Kier molecular flexibility index (Phi) is 3.82. The molecule has 0 aromatic heterocycles. The number of amides is 1. The van der Waals surface area contributed by atoms with E-state index < -0.39 is 0 Å². The summed E-state index contributed by atoms with van der Waals surface area (Å²) in [6.07, 6.45) is 0.410. The van der Waals surface area contributed by atoms with Gasteiger partial charge in [-0.15, -0.1) is 0 Å². The van der Waals surface area contributed by atoms with Crippen molar-refractivity contribution in [3.05, 3.63) is 64.7 Å². The third kappa shape index (κ3) is 2.80. The van der Waals surface area contributed by atoms with E-state index in [0.29, 0.717) is 34.4 Å². The van der Waals surface area contributed by atoms with E-state index >= 15 is 0 Å². The molecule has 0 aliphatic heterocycles. The zero-order valence-corrected chi connectivity index (χ0v) is 13.1. The highest BCUT2D eigenvalue weighted by Crippen LogP contribution is 2.29. The summed E-state index contributed by atoms with van der Waals surface area (Å²) in [7, 11) is 0. The second kappa shape index (κ2) is 5.80. The van der Waals surface area contributed by atoms with Gasteiger partial charge in [-0.1, -0.05) is 38.1 Å². The molecular formula is C19H17NO3. The fourth-order valence-electron chi connectivity index (χ4n) is 2.76. The molecule has 3 rings (SSSR count). The highest BCUT2D eigenvalue weighted by molar-refractivity contribution is 6.28. The normalized spacial score (nSPS) is 12.8. The van der Waals surface area contributed by atoms with Crippen LogP contribution in [0.4, 0.5) is 5.69 Å². The molecule has 116 valence electrons. The molecule has 1 N–H and O–H groups in total. The molecule has 0 saturated carbocycles. The van der Waals surface area contributed by atoms with E-state index in [1.807, 2.05) is 13.8 Å². The Hall–Kier alpha value is -2.75. The minimum absolute atomic E-state index is 0.102. The zero-order chi connectivity index (χ0) is 16.6. The maximum atomic E-state index is 12.6. The van der Waals surface area contributed by atoms with Gasteiger partial charge >= 0.3 is 0 Å². The molecule has 2 aromatic rings. The van der Waals surface area contributed by atoms with E-state index in [1.165, 1.54) is 0 Å². The standard InChI is InChI=1S/C19H17NO3/c1-11(2)9-17(21)20-12-7-8-15-16(10-12)19(23)14-6-4-3-5-13(14)18(15)22/h3-8,10-11H,9H2,1-2H3,(H,20,21). The molecule has 0 saturated heterocycles. The van der Waals surface area contributed by atoms with Crippen LogP contribution in [0.1, 0.15) is 52.1 Å². The molecule has 1 amide bonds. The van der Waals surface area contributed by atoms with Crippen LogP contribution >= 0.6 is 0 Å². The molecule has 0 radical (unpaired) electrons. The smallest absolute Gasteiger partial charge is 0.224 e. The molecule has 0 spiro atoms. The fourth-order valence-corrected chi connectivity index (χ4v) is 2.76. The van der Waals surface area contributed by atoms with Gasteiger partial charge in [-0.05, 0) is 24.1 Å². The molecular weight excluding hydrogens is 290 g/mol. The summed E-state index contributed by atoms with van der Waals surface area (Å²) >= 11 is 0. The van der Waals surface area contributed by atoms with Gasteiger partial charge in [0.25, 0.3) is 0 Å². The van der Waals surface area contributed by atoms with Crippen molar-refractivity contribution >= 4 is 23.2 Å². The number of rotatable bonds is 3. The van der Waals surface area contributed by atoms with Crippen molar-refractivity contribution < 1.29 is 14.4 Å². The number of benzene rings is 2. The van der Waals surface area contributed by atoms with Gasteiger partial charge in [0, 0.05) is 34.4 Å². The van der Waals surface area contributed by atoms with Gasteiger partial charge in [-0.3, -0.25) is 14.4 Å². The van der Waals surface area contributed by atoms with Crippen molar-refractivity contribution in [1.82, 2.24) is 0 Å². The summed E-state index contributed by atoms with van der Waals surface area (Å²) in [5, 5.41) is 2.78. The summed E-state index contributed by atoms with van der Waals surface area (Å²) in [5.41, 5.74) is 2.11. The number of nitrogens with one attached hydrogen (secondary N) is 1. The van der Waals surface area contributed by atoms with Crippen molar-refractivity contribution in [2.75, 3.05) is 5.32 Å². The predicted octanol–water partition coefficient (Wildman–Crippen LogP) is 3.45. The molecule has 4 heteroatoms.